The van der Waals surface area contributed by atoms with Crippen LogP contribution in [0.4, 0.5) is 0 Å². The van der Waals surface area contributed by atoms with Gasteiger partial charge in [-0.25, -0.2) is 0 Å². The molecule has 0 aromatic heterocycles. The number of unbranched alkanes of at least 4 members (excludes halogenated alkanes) is 1. The van der Waals surface area contributed by atoms with E-state index in [0.717, 1.165) is 48.2 Å². The maximum atomic E-state index is 11.7. The van der Waals surface area contributed by atoms with Crippen LogP contribution in [0.2, 0.25) is 0 Å². The molecule has 0 N–H and O–H groups in total. The molecule has 0 amide bonds. The highest BCUT2D eigenvalue weighted by Gasteiger charge is 2.32. The average Bonchev–Trinajstić information content (AvgIpc) is 2.54. The highest BCUT2D eigenvalue weighted by atomic mass is 16.5. The fourth-order valence-electron chi connectivity index (χ4n) is 3.16. The van der Waals surface area contributed by atoms with Crippen LogP contribution < -0.4 is 4.74 Å². The minimum atomic E-state index is 0.0103. The van der Waals surface area contributed by atoms with E-state index in [2.05, 4.69) is 19.1 Å². The highest BCUT2D eigenvalue weighted by Crippen LogP contribution is 2.47. The molecule has 1 atom stereocenters. The Hall–Kier alpha value is -2.09. The molecule has 0 fully saturated rings. The van der Waals surface area contributed by atoms with Gasteiger partial charge in [-0.1, -0.05) is 56.2 Å². The van der Waals surface area contributed by atoms with Gasteiger partial charge in [-0.15, -0.1) is 0 Å². The van der Waals surface area contributed by atoms with E-state index in [1.165, 1.54) is 0 Å². The van der Waals surface area contributed by atoms with Crippen molar-refractivity contribution in [3.8, 4) is 11.5 Å². The van der Waals surface area contributed by atoms with Crippen molar-refractivity contribution >= 4 is 6.29 Å². The normalized spacial score (nSPS) is 14.7. The van der Waals surface area contributed by atoms with Gasteiger partial charge in [-0.2, -0.15) is 0 Å². The van der Waals surface area contributed by atoms with Crippen LogP contribution in [0.25, 0.3) is 0 Å². The van der Waals surface area contributed by atoms with E-state index in [4.69, 9.17) is 4.74 Å². The molecule has 1 aliphatic heterocycles. The largest absolute Gasteiger partial charge is 0.457 e. The maximum Gasteiger partial charge on any atom is 0.131 e. The topological polar surface area (TPSA) is 26.3 Å². The summed E-state index contributed by atoms with van der Waals surface area (Å²) in [4.78, 5) is 11.7. The predicted octanol–water partition coefficient (Wildman–Crippen LogP) is 4.93. The molecule has 0 saturated carbocycles. The predicted molar refractivity (Wildman–Crippen MR) is 83.9 cm³/mol. The van der Waals surface area contributed by atoms with E-state index in [9.17, 15) is 4.79 Å². The van der Waals surface area contributed by atoms with Crippen LogP contribution in [0, 0.1) is 5.92 Å². The lowest BCUT2D eigenvalue weighted by Crippen LogP contribution is -2.20. The van der Waals surface area contributed by atoms with Gasteiger partial charge in [0.05, 0.1) is 0 Å². The third-order valence-corrected chi connectivity index (χ3v) is 4.22. The lowest BCUT2D eigenvalue weighted by molar-refractivity contribution is -0.111. The van der Waals surface area contributed by atoms with Crippen LogP contribution in [-0.2, 0) is 4.79 Å². The summed E-state index contributed by atoms with van der Waals surface area (Å²) >= 11 is 0. The van der Waals surface area contributed by atoms with Crippen LogP contribution >= 0.6 is 0 Å². The third kappa shape index (κ3) is 2.58. The molecule has 108 valence electrons. The molecule has 2 aromatic rings. The molecule has 2 aromatic carbocycles. The van der Waals surface area contributed by atoms with Gasteiger partial charge in [0.2, 0.25) is 0 Å². The Morgan fingerprint density at radius 3 is 2.14 bits per heavy atom. The summed E-state index contributed by atoms with van der Waals surface area (Å²) in [6, 6.07) is 16.1. The Morgan fingerprint density at radius 1 is 1.05 bits per heavy atom. The highest BCUT2D eigenvalue weighted by molar-refractivity contribution is 5.63. The van der Waals surface area contributed by atoms with Crippen LogP contribution in [0.15, 0.2) is 48.5 Å². The zero-order valence-corrected chi connectivity index (χ0v) is 12.3. The summed E-state index contributed by atoms with van der Waals surface area (Å²) in [5, 5.41) is 0. The number of benzene rings is 2. The number of hydrogen-bond acceptors (Lipinski definition) is 2. The van der Waals surface area contributed by atoms with E-state index in [1.54, 1.807) is 0 Å². The number of carbonyl (C=O) groups is 1. The third-order valence-electron chi connectivity index (χ3n) is 4.22. The van der Waals surface area contributed by atoms with Crippen LogP contribution in [0.3, 0.4) is 0 Å². The summed E-state index contributed by atoms with van der Waals surface area (Å²) in [6.45, 7) is 2.16. The van der Waals surface area contributed by atoms with E-state index in [0.29, 0.717) is 0 Å². The summed E-state index contributed by atoms with van der Waals surface area (Å²) in [6.07, 6.45) is 4.23. The molecule has 1 aliphatic rings. The zero-order chi connectivity index (χ0) is 14.7. The molecule has 1 heterocycles. The van der Waals surface area contributed by atoms with Crippen molar-refractivity contribution in [2.24, 2.45) is 5.92 Å². The van der Waals surface area contributed by atoms with Crippen molar-refractivity contribution in [1.29, 1.82) is 0 Å². The van der Waals surface area contributed by atoms with Gasteiger partial charge in [0.15, 0.2) is 0 Å². The first kappa shape index (κ1) is 13.9. The lowest BCUT2D eigenvalue weighted by Gasteiger charge is -2.31. The SMILES string of the molecule is CCCC[C@@H](C=O)C1c2ccccc2Oc2ccccc21. The fourth-order valence-corrected chi connectivity index (χ4v) is 3.16. The molecular formula is C19H20O2. The first-order chi connectivity index (χ1) is 10.3. The number of hydrogen-bond donors (Lipinski definition) is 0. The van der Waals surface area contributed by atoms with E-state index in [-0.39, 0.29) is 11.8 Å². The van der Waals surface area contributed by atoms with Crippen LogP contribution in [0.5, 0.6) is 11.5 Å². The maximum absolute atomic E-state index is 11.7. The Balaban J connectivity index is 2.07. The van der Waals surface area contributed by atoms with Gasteiger partial charge < -0.3 is 9.53 Å². The average molecular weight is 280 g/mol. The second kappa shape index (κ2) is 6.13. The minimum absolute atomic E-state index is 0.0103. The molecule has 3 rings (SSSR count). The van der Waals surface area contributed by atoms with Gasteiger partial charge in [0.1, 0.15) is 17.8 Å². The Morgan fingerprint density at radius 2 is 1.62 bits per heavy atom. The standard InChI is InChI=1S/C19H20O2/c1-2-3-8-14(13-20)19-15-9-4-6-11-17(15)21-18-12-7-5-10-16(18)19/h4-7,9-14,19H,2-3,8H2,1H3/t14-/m0/s1. The molecule has 21 heavy (non-hydrogen) atoms. The van der Waals surface area contributed by atoms with E-state index < -0.39 is 0 Å². The second-order valence-electron chi connectivity index (χ2n) is 5.60. The fraction of sp³-hybridized carbons (Fsp3) is 0.316. The lowest BCUT2D eigenvalue weighted by atomic mass is 9.77. The van der Waals surface area contributed by atoms with Crippen molar-refractivity contribution in [1.82, 2.24) is 0 Å². The quantitative estimate of drug-likeness (QED) is 0.726. The van der Waals surface area contributed by atoms with Crippen molar-refractivity contribution < 1.29 is 9.53 Å². The van der Waals surface area contributed by atoms with E-state index >= 15 is 0 Å². The van der Waals surface area contributed by atoms with Crippen molar-refractivity contribution in [2.75, 3.05) is 0 Å². The summed E-state index contributed by atoms with van der Waals surface area (Å²) < 4.78 is 5.99. The molecule has 2 heteroatoms. The smallest absolute Gasteiger partial charge is 0.131 e. The van der Waals surface area contributed by atoms with Gasteiger partial charge in [0, 0.05) is 23.0 Å². The number of rotatable bonds is 5. The van der Waals surface area contributed by atoms with Gasteiger partial charge in [-0.3, -0.25) is 0 Å². The minimum Gasteiger partial charge on any atom is -0.457 e. The van der Waals surface area contributed by atoms with Crippen molar-refractivity contribution in [2.45, 2.75) is 32.1 Å². The van der Waals surface area contributed by atoms with Gasteiger partial charge in [-0.05, 0) is 18.6 Å². The number of para-hydroxylation sites is 2. The molecule has 0 spiro atoms. The van der Waals surface area contributed by atoms with Crippen LogP contribution in [0.1, 0.15) is 43.2 Å². The first-order valence-electron chi connectivity index (χ1n) is 7.66. The molecule has 0 unspecified atom stereocenters. The molecule has 2 nitrogen and oxygen atoms in total. The molecule has 0 saturated heterocycles. The van der Waals surface area contributed by atoms with Gasteiger partial charge in [0.25, 0.3) is 0 Å². The molecule has 0 aliphatic carbocycles. The zero-order valence-electron chi connectivity index (χ0n) is 12.3. The molecular weight excluding hydrogens is 260 g/mol. The summed E-state index contributed by atoms with van der Waals surface area (Å²) in [5.74, 6) is 1.88. The second-order valence-corrected chi connectivity index (χ2v) is 5.60. The number of ether oxygens (including phenoxy) is 1. The Kier molecular flexibility index (Phi) is 4.05. The summed E-state index contributed by atoms with van der Waals surface area (Å²) in [5.41, 5.74) is 2.26. The molecule has 0 radical (unpaired) electrons. The first-order valence-corrected chi connectivity index (χ1v) is 7.66. The van der Waals surface area contributed by atoms with Crippen molar-refractivity contribution in [3.63, 3.8) is 0 Å². The Bertz CT molecular complexity index is 587. The molecule has 0 bridgehead atoms. The van der Waals surface area contributed by atoms with Crippen LogP contribution in [-0.4, -0.2) is 6.29 Å². The summed E-state index contributed by atoms with van der Waals surface area (Å²) in [7, 11) is 0. The van der Waals surface area contributed by atoms with E-state index in [1.807, 2.05) is 36.4 Å². The number of fused-ring (bicyclic) bond motifs is 2. The Labute approximate surface area is 125 Å². The monoisotopic (exact) mass is 280 g/mol. The van der Waals surface area contributed by atoms with Crippen molar-refractivity contribution in [3.05, 3.63) is 59.7 Å². The van der Waals surface area contributed by atoms with Gasteiger partial charge >= 0.3 is 0 Å². The number of carbonyl (C=O) groups excluding carboxylic acids is 1. The number of aldehydes is 1.